The van der Waals surface area contributed by atoms with Crippen LogP contribution in [-0.4, -0.2) is 11.5 Å². The number of nitrogens with one attached hydrogen (secondary N) is 2. The summed E-state index contributed by atoms with van der Waals surface area (Å²) in [4.78, 5) is 4.18. The van der Waals surface area contributed by atoms with Crippen LogP contribution in [0.3, 0.4) is 0 Å². The third-order valence-electron chi connectivity index (χ3n) is 3.94. The fourth-order valence-corrected chi connectivity index (χ4v) is 2.74. The Bertz CT molecular complexity index is 566. The van der Waals surface area contributed by atoms with E-state index in [0.29, 0.717) is 6.04 Å². The zero-order valence-corrected chi connectivity index (χ0v) is 11.9. The monoisotopic (exact) mass is 267 g/mol. The molecule has 3 nitrogen and oxygen atoms in total. The molecule has 0 fully saturated rings. The highest BCUT2D eigenvalue weighted by atomic mass is 14.9. The molecule has 104 valence electrons. The number of anilines is 1. The van der Waals surface area contributed by atoms with Gasteiger partial charge in [-0.1, -0.05) is 24.3 Å². The van der Waals surface area contributed by atoms with Gasteiger partial charge in [0.25, 0.3) is 0 Å². The third kappa shape index (κ3) is 2.83. The van der Waals surface area contributed by atoms with Gasteiger partial charge in [0.15, 0.2) is 0 Å². The number of aryl methyl sites for hydroxylation is 1. The first-order valence-electron chi connectivity index (χ1n) is 7.32. The highest BCUT2D eigenvalue weighted by Gasteiger charge is 2.13. The quantitative estimate of drug-likeness (QED) is 0.892. The Morgan fingerprint density at radius 1 is 1.30 bits per heavy atom. The van der Waals surface area contributed by atoms with E-state index >= 15 is 0 Å². The smallest absolute Gasteiger partial charge is 0.0418 e. The Balaban J connectivity index is 1.70. The summed E-state index contributed by atoms with van der Waals surface area (Å²) >= 11 is 0. The summed E-state index contributed by atoms with van der Waals surface area (Å²) in [6.07, 6.45) is 6.16. The number of benzene rings is 1. The molecule has 1 aliphatic rings. The van der Waals surface area contributed by atoms with Crippen LogP contribution in [-0.2, 0) is 13.0 Å². The third-order valence-corrected chi connectivity index (χ3v) is 3.94. The summed E-state index contributed by atoms with van der Waals surface area (Å²) in [6, 6.07) is 11.0. The lowest BCUT2D eigenvalue weighted by Gasteiger charge is -2.22. The van der Waals surface area contributed by atoms with Crippen molar-refractivity contribution in [3.05, 3.63) is 59.4 Å². The van der Waals surface area contributed by atoms with Gasteiger partial charge in [-0.3, -0.25) is 4.98 Å². The topological polar surface area (TPSA) is 37.0 Å². The minimum atomic E-state index is 0.308. The van der Waals surface area contributed by atoms with E-state index in [0.717, 1.165) is 13.1 Å². The zero-order chi connectivity index (χ0) is 13.8. The summed E-state index contributed by atoms with van der Waals surface area (Å²) in [7, 11) is 0. The lowest BCUT2D eigenvalue weighted by Crippen LogP contribution is -2.21. The second-order valence-electron chi connectivity index (χ2n) is 5.37. The molecule has 0 unspecified atom stereocenters. The molecule has 2 N–H and O–H groups in total. The van der Waals surface area contributed by atoms with Crippen molar-refractivity contribution in [3.8, 4) is 0 Å². The molecular weight excluding hydrogens is 246 g/mol. The number of nitrogens with zero attached hydrogens (tertiary/aromatic N) is 1. The van der Waals surface area contributed by atoms with Crippen LogP contribution in [0.1, 0.15) is 36.1 Å². The van der Waals surface area contributed by atoms with Gasteiger partial charge in [0.2, 0.25) is 0 Å². The number of para-hydroxylation sites is 1. The molecule has 0 saturated heterocycles. The van der Waals surface area contributed by atoms with Crippen LogP contribution < -0.4 is 10.6 Å². The minimum absolute atomic E-state index is 0.308. The Morgan fingerprint density at radius 3 is 3.10 bits per heavy atom. The lowest BCUT2D eigenvalue weighted by atomic mass is 9.99. The van der Waals surface area contributed by atoms with Crippen LogP contribution >= 0.6 is 0 Å². The van der Waals surface area contributed by atoms with Crippen molar-refractivity contribution in [2.45, 2.75) is 32.4 Å². The van der Waals surface area contributed by atoms with Gasteiger partial charge < -0.3 is 10.6 Å². The van der Waals surface area contributed by atoms with Crippen LogP contribution in [0.4, 0.5) is 5.69 Å². The first kappa shape index (κ1) is 13.1. The van der Waals surface area contributed by atoms with E-state index in [1.165, 1.54) is 35.2 Å². The molecule has 3 heteroatoms. The van der Waals surface area contributed by atoms with Crippen molar-refractivity contribution in [1.82, 2.24) is 10.3 Å². The van der Waals surface area contributed by atoms with E-state index in [4.69, 9.17) is 0 Å². The van der Waals surface area contributed by atoms with Crippen LogP contribution in [0.15, 0.2) is 42.7 Å². The Labute approximate surface area is 120 Å². The van der Waals surface area contributed by atoms with Crippen LogP contribution in [0.5, 0.6) is 0 Å². The summed E-state index contributed by atoms with van der Waals surface area (Å²) in [5.41, 5.74) is 5.37. The van der Waals surface area contributed by atoms with Crippen molar-refractivity contribution in [1.29, 1.82) is 0 Å². The molecule has 0 saturated carbocycles. The number of aromatic nitrogens is 1. The van der Waals surface area contributed by atoms with Crippen LogP contribution in [0.2, 0.25) is 0 Å². The number of hydrogen-bond acceptors (Lipinski definition) is 3. The van der Waals surface area contributed by atoms with Crippen LogP contribution in [0.25, 0.3) is 0 Å². The Morgan fingerprint density at radius 2 is 2.25 bits per heavy atom. The molecule has 1 aromatic carbocycles. The van der Waals surface area contributed by atoms with Gasteiger partial charge in [0.05, 0.1) is 0 Å². The molecule has 0 bridgehead atoms. The number of hydrogen-bond donors (Lipinski definition) is 2. The summed E-state index contributed by atoms with van der Waals surface area (Å²) in [5, 5.41) is 7.13. The summed E-state index contributed by atoms with van der Waals surface area (Å²) in [5.74, 6) is 0. The lowest BCUT2D eigenvalue weighted by molar-refractivity contribution is 0.572. The number of pyridine rings is 1. The highest BCUT2D eigenvalue weighted by molar-refractivity contribution is 5.59. The first-order chi connectivity index (χ1) is 9.84. The van der Waals surface area contributed by atoms with E-state index in [2.05, 4.69) is 46.8 Å². The van der Waals surface area contributed by atoms with Gasteiger partial charge >= 0.3 is 0 Å². The second kappa shape index (κ2) is 6.06. The number of rotatable bonds is 4. The van der Waals surface area contributed by atoms with Gasteiger partial charge in [0.1, 0.15) is 0 Å². The van der Waals surface area contributed by atoms with Crippen molar-refractivity contribution >= 4 is 5.69 Å². The molecular formula is C17H21N3. The molecule has 1 atom stereocenters. The van der Waals surface area contributed by atoms with Crippen molar-refractivity contribution in [2.24, 2.45) is 0 Å². The first-order valence-corrected chi connectivity index (χ1v) is 7.32. The van der Waals surface area contributed by atoms with E-state index in [1.807, 2.05) is 18.5 Å². The average molecular weight is 267 g/mol. The maximum Gasteiger partial charge on any atom is 0.0418 e. The van der Waals surface area contributed by atoms with Gasteiger partial charge in [-0.05, 0) is 42.5 Å². The average Bonchev–Trinajstić information content (AvgIpc) is 2.53. The molecule has 0 radical (unpaired) electrons. The van der Waals surface area contributed by atoms with Crippen molar-refractivity contribution in [2.75, 3.05) is 11.9 Å². The molecule has 0 aliphatic carbocycles. The number of fused-ring (bicyclic) bond motifs is 1. The zero-order valence-electron chi connectivity index (χ0n) is 11.9. The van der Waals surface area contributed by atoms with Crippen molar-refractivity contribution in [3.63, 3.8) is 0 Å². The second-order valence-corrected chi connectivity index (χ2v) is 5.37. The molecule has 1 aliphatic heterocycles. The molecule has 1 aromatic heterocycles. The van der Waals surface area contributed by atoms with E-state index in [-0.39, 0.29) is 0 Å². The predicted molar refractivity (Wildman–Crippen MR) is 82.7 cm³/mol. The molecule has 3 rings (SSSR count). The normalized spacial score (nSPS) is 15.2. The maximum atomic E-state index is 4.18. The van der Waals surface area contributed by atoms with E-state index in [9.17, 15) is 0 Å². The molecule has 20 heavy (non-hydrogen) atoms. The Hall–Kier alpha value is -1.87. The van der Waals surface area contributed by atoms with E-state index in [1.54, 1.807) is 0 Å². The molecule has 2 heterocycles. The fourth-order valence-electron chi connectivity index (χ4n) is 2.74. The fraction of sp³-hybridized carbons (Fsp3) is 0.353. The van der Waals surface area contributed by atoms with Gasteiger partial charge in [0, 0.05) is 37.2 Å². The van der Waals surface area contributed by atoms with Crippen molar-refractivity contribution < 1.29 is 0 Å². The molecule has 2 aromatic rings. The maximum absolute atomic E-state index is 4.18. The predicted octanol–water partition coefficient (Wildman–Crippen LogP) is 3.29. The molecule has 0 spiro atoms. The summed E-state index contributed by atoms with van der Waals surface area (Å²) in [6.45, 7) is 4.15. The summed E-state index contributed by atoms with van der Waals surface area (Å²) < 4.78 is 0. The van der Waals surface area contributed by atoms with Crippen LogP contribution in [0, 0.1) is 0 Å². The van der Waals surface area contributed by atoms with Gasteiger partial charge in [-0.15, -0.1) is 0 Å². The largest absolute Gasteiger partial charge is 0.385 e. The van der Waals surface area contributed by atoms with Gasteiger partial charge in [-0.25, -0.2) is 0 Å². The highest BCUT2D eigenvalue weighted by Crippen LogP contribution is 2.26. The van der Waals surface area contributed by atoms with Gasteiger partial charge in [-0.2, -0.15) is 0 Å². The molecule has 0 amide bonds. The Kier molecular flexibility index (Phi) is 3.97. The standard InChI is InChI=1S/C17H21N3/c1-13(15-8-3-9-18-11-15)20-12-16-6-2-5-14-7-4-10-19-17(14)16/h2-3,5-6,8-9,11,13,19-20H,4,7,10,12H2,1H3/t13-/m1/s1. The minimum Gasteiger partial charge on any atom is -0.385 e. The van der Waals surface area contributed by atoms with E-state index < -0.39 is 0 Å². The SMILES string of the molecule is C[C@@H](NCc1cccc2c1NCCC2)c1cccnc1.